The molecular formula is C13H15BrO2. The summed E-state index contributed by atoms with van der Waals surface area (Å²) >= 11 is 3.39. The maximum atomic E-state index is 11.4. The molecule has 0 saturated heterocycles. The number of ketones is 1. The van der Waals surface area contributed by atoms with Crippen LogP contribution in [-0.2, 0) is 0 Å². The van der Waals surface area contributed by atoms with Gasteiger partial charge in [-0.15, -0.1) is 0 Å². The van der Waals surface area contributed by atoms with Gasteiger partial charge < -0.3 is 4.74 Å². The van der Waals surface area contributed by atoms with Crippen LogP contribution in [0.5, 0.6) is 5.75 Å². The molecule has 0 atom stereocenters. The molecule has 2 nitrogen and oxygen atoms in total. The summed E-state index contributed by atoms with van der Waals surface area (Å²) in [5.74, 6) is 1.60. The van der Waals surface area contributed by atoms with Crippen LogP contribution in [0.2, 0.25) is 0 Å². The minimum absolute atomic E-state index is 0.0499. The van der Waals surface area contributed by atoms with Crippen LogP contribution in [-0.4, -0.2) is 12.4 Å². The Morgan fingerprint density at radius 2 is 2.25 bits per heavy atom. The Kier molecular flexibility index (Phi) is 3.64. The van der Waals surface area contributed by atoms with E-state index in [1.807, 2.05) is 12.1 Å². The number of carbonyl (C=O) groups excluding carboxylic acids is 1. The Balaban J connectivity index is 2.03. The van der Waals surface area contributed by atoms with Gasteiger partial charge in [0.15, 0.2) is 5.78 Å². The van der Waals surface area contributed by atoms with Crippen molar-refractivity contribution in [3.8, 4) is 5.75 Å². The first-order valence-electron chi connectivity index (χ1n) is 5.60. The summed E-state index contributed by atoms with van der Waals surface area (Å²) in [6.45, 7) is 2.28. The number of carbonyl (C=O) groups is 1. The van der Waals surface area contributed by atoms with Gasteiger partial charge in [0, 0.05) is 4.47 Å². The fourth-order valence-corrected chi connectivity index (χ4v) is 1.99. The molecule has 1 aliphatic rings. The van der Waals surface area contributed by atoms with E-state index >= 15 is 0 Å². The average molecular weight is 283 g/mol. The maximum absolute atomic E-state index is 11.4. The number of rotatable bonds is 5. The molecule has 1 aromatic carbocycles. The summed E-state index contributed by atoms with van der Waals surface area (Å²) < 4.78 is 6.62. The second-order valence-corrected chi connectivity index (χ2v) is 5.19. The van der Waals surface area contributed by atoms with Crippen molar-refractivity contribution in [1.29, 1.82) is 0 Å². The molecule has 0 heterocycles. The molecule has 0 bridgehead atoms. The lowest BCUT2D eigenvalue weighted by molar-refractivity contribution is 0.101. The van der Waals surface area contributed by atoms with Crippen LogP contribution in [0.25, 0.3) is 0 Å². The van der Waals surface area contributed by atoms with Crippen LogP contribution in [0, 0.1) is 5.92 Å². The van der Waals surface area contributed by atoms with Crippen LogP contribution in [0.4, 0.5) is 0 Å². The molecule has 1 aromatic rings. The first kappa shape index (κ1) is 11.6. The van der Waals surface area contributed by atoms with Gasteiger partial charge in [0.1, 0.15) is 5.75 Å². The molecule has 0 aliphatic heterocycles. The Hall–Kier alpha value is -0.830. The van der Waals surface area contributed by atoms with Crippen LogP contribution in [0.3, 0.4) is 0 Å². The van der Waals surface area contributed by atoms with Gasteiger partial charge in [0.05, 0.1) is 12.2 Å². The number of benzene rings is 1. The van der Waals surface area contributed by atoms with Crippen LogP contribution < -0.4 is 4.74 Å². The molecule has 0 radical (unpaired) electrons. The predicted octanol–water partition coefficient (Wildman–Crippen LogP) is 3.83. The normalized spacial score (nSPS) is 14.9. The first-order chi connectivity index (χ1) is 7.66. The van der Waals surface area contributed by atoms with E-state index in [1.165, 1.54) is 12.8 Å². The average Bonchev–Trinajstić information content (AvgIpc) is 3.01. The highest BCUT2D eigenvalue weighted by atomic mass is 79.9. The van der Waals surface area contributed by atoms with Gasteiger partial charge in [0.25, 0.3) is 0 Å². The first-order valence-corrected chi connectivity index (χ1v) is 6.39. The quantitative estimate of drug-likeness (QED) is 0.768. The molecule has 1 fully saturated rings. The second-order valence-electron chi connectivity index (χ2n) is 4.28. The fraction of sp³-hybridized carbons (Fsp3) is 0.462. The molecule has 1 aliphatic carbocycles. The van der Waals surface area contributed by atoms with Crippen LogP contribution >= 0.6 is 15.9 Å². The van der Waals surface area contributed by atoms with E-state index in [4.69, 9.17) is 4.74 Å². The Morgan fingerprint density at radius 1 is 1.50 bits per heavy atom. The molecule has 0 aromatic heterocycles. The fourth-order valence-electron chi connectivity index (χ4n) is 1.65. The third-order valence-corrected chi connectivity index (χ3v) is 3.30. The summed E-state index contributed by atoms with van der Waals surface area (Å²) in [6.07, 6.45) is 3.77. The molecule has 0 amide bonds. The van der Waals surface area contributed by atoms with E-state index in [0.717, 1.165) is 16.8 Å². The van der Waals surface area contributed by atoms with Crippen molar-refractivity contribution < 1.29 is 9.53 Å². The molecule has 2 rings (SSSR count). The highest BCUT2D eigenvalue weighted by Gasteiger charge is 2.21. The van der Waals surface area contributed by atoms with Crippen molar-refractivity contribution in [1.82, 2.24) is 0 Å². The summed E-state index contributed by atoms with van der Waals surface area (Å²) in [6, 6.07) is 5.53. The summed E-state index contributed by atoms with van der Waals surface area (Å²) in [5, 5.41) is 0. The van der Waals surface area contributed by atoms with E-state index in [2.05, 4.69) is 15.9 Å². The van der Waals surface area contributed by atoms with Gasteiger partial charge in [-0.25, -0.2) is 0 Å². The van der Waals surface area contributed by atoms with Crippen molar-refractivity contribution in [2.24, 2.45) is 5.92 Å². The highest BCUT2D eigenvalue weighted by Crippen LogP contribution is 2.32. The van der Waals surface area contributed by atoms with Crippen molar-refractivity contribution in [2.45, 2.75) is 26.2 Å². The summed E-state index contributed by atoms with van der Waals surface area (Å²) in [4.78, 5) is 11.4. The summed E-state index contributed by atoms with van der Waals surface area (Å²) in [5.41, 5.74) is 0.666. The van der Waals surface area contributed by atoms with Crippen molar-refractivity contribution in [3.63, 3.8) is 0 Å². The number of hydrogen-bond donors (Lipinski definition) is 0. The van der Waals surface area contributed by atoms with Gasteiger partial charge >= 0.3 is 0 Å². The van der Waals surface area contributed by atoms with E-state index in [-0.39, 0.29) is 5.78 Å². The van der Waals surface area contributed by atoms with Crippen molar-refractivity contribution >= 4 is 21.7 Å². The van der Waals surface area contributed by atoms with Gasteiger partial charge in [0.2, 0.25) is 0 Å². The number of hydrogen-bond acceptors (Lipinski definition) is 2. The predicted molar refractivity (Wildman–Crippen MR) is 67.0 cm³/mol. The molecule has 1 saturated carbocycles. The number of ether oxygens (including phenoxy) is 1. The van der Waals surface area contributed by atoms with E-state index in [0.29, 0.717) is 17.9 Å². The Morgan fingerprint density at radius 3 is 2.88 bits per heavy atom. The zero-order chi connectivity index (χ0) is 11.5. The largest absolute Gasteiger partial charge is 0.493 e. The summed E-state index contributed by atoms with van der Waals surface area (Å²) in [7, 11) is 0. The van der Waals surface area contributed by atoms with Gasteiger partial charge in [-0.3, -0.25) is 4.79 Å². The molecule has 16 heavy (non-hydrogen) atoms. The van der Waals surface area contributed by atoms with Crippen molar-refractivity contribution in [3.05, 3.63) is 28.2 Å². The third-order valence-electron chi connectivity index (χ3n) is 2.80. The molecule has 0 spiro atoms. The van der Waals surface area contributed by atoms with Crippen molar-refractivity contribution in [2.75, 3.05) is 6.61 Å². The van der Waals surface area contributed by atoms with E-state index in [9.17, 15) is 4.79 Å². The highest BCUT2D eigenvalue weighted by molar-refractivity contribution is 9.10. The number of halogens is 1. The van der Waals surface area contributed by atoms with E-state index < -0.39 is 0 Å². The SMILES string of the molecule is CC(=O)c1ccc(Br)cc1OCCC1CC1. The lowest BCUT2D eigenvalue weighted by Gasteiger charge is -2.09. The Bertz CT molecular complexity index is 397. The molecule has 0 N–H and O–H groups in total. The Labute approximate surface area is 104 Å². The van der Waals surface area contributed by atoms with Crippen LogP contribution in [0.1, 0.15) is 36.5 Å². The molecule has 0 unspecified atom stereocenters. The lowest BCUT2D eigenvalue weighted by Crippen LogP contribution is -2.03. The standard InChI is InChI=1S/C13H15BrO2/c1-9(15)12-5-4-11(14)8-13(12)16-7-6-10-2-3-10/h4-5,8,10H,2-3,6-7H2,1H3. The van der Waals surface area contributed by atoms with Gasteiger partial charge in [-0.1, -0.05) is 28.8 Å². The zero-order valence-electron chi connectivity index (χ0n) is 9.33. The number of Topliss-reactive ketones (excluding diaryl/α,β-unsaturated/α-hetero) is 1. The van der Waals surface area contributed by atoms with E-state index in [1.54, 1.807) is 13.0 Å². The topological polar surface area (TPSA) is 26.3 Å². The smallest absolute Gasteiger partial charge is 0.163 e. The minimum atomic E-state index is 0.0499. The zero-order valence-corrected chi connectivity index (χ0v) is 10.9. The maximum Gasteiger partial charge on any atom is 0.163 e. The van der Waals surface area contributed by atoms with Gasteiger partial charge in [-0.2, -0.15) is 0 Å². The van der Waals surface area contributed by atoms with Crippen LogP contribution in [0.15, 0.2) is 22.7 Å². The third kappa shape index (κ3) is 3.08. The molecule has 3 heteroatoms. The second kappa shape index (κ2) is 5.00. The molecular weight excluding hydrogens is 268 g/mol. The minimum Gasteiger partial charge on any atom is -0.493 e. The molecule has 86 valence electrons. The lowest BCUT2D eigenvalue weighted by atomic mass is 10.1. The monoisotopic (exact) mass is 282 g/mol. The van der Waals surface area contributed by atoms with Gasteiger partial charge in [-0.05, 0) is 37.5 Å².